The second-order valence-corrected chi connectivity index (χ2v) is 5.12. The highest BCUT2D eigenvalue weighted by Crippen LogP contribution is 2.18. The van der Waals surface area contributed by atoms with Crippen molar-refractivity contribution in [2.24, 2.45) is 0 Å². The summed E-state index contributed by atoms with van der Waals surface area (Å²) in [5.41, 5.74) is -0.0870. The molecule has 112 valence electrons. The first-order valence-corrected chi connectivity index (χ1v) is 7.18. The Bertz CT molecular complexity index is 412. The van der Waals surface area contributed by atoms with Gasteiger partial charge in [-0.05, 0) is 51.5 Å². The number of amides is 1. The fourth-order valence-electron chi connectivity index (χ4n) is 1.68. The summed E-state index contributed by atoms with van der Waals surface area (Å²) in [4.78, 5) is 12.1. The molecule has 1 aromatic rings. The van der Waals surface area contributed by atoms with E-state index in [-0.39, 0.29) is 5.91 Å². The summed E-state index contributed by atoms with van der Waals surface area (Å²) >= 11 is 0. The predicted octanol–water partition coefficient (Wildman–Crippen LogP) is 3.62. The van der Waals surface area contributed by atoms with Crippen LogP contribution in [0.1, 0.15) is 40.5 Å². The second kappa shape index (κ2) is 7.90. The lowest BCUT2D eigenvalue weighted by molar-refractivity contribution is -0.136. The quantitative estimate of drug-likeness (QED) is 0.739. The van der Waals surface area contributed by atoms with Crippen molar-refractivity contribution in [1.82, 2.24) is 0 Å². The Hall–Kier alpha value is -1.55. The normalized spacial score (nSPS) is 11.2. The molecule has 0 saturated heterocycles. The summed E-state index contributed by atoms with van der Waals surface area (Å²) in [5, 5.41) is 2.84. The zero-order chi connectivity index (χ0) is 15.0. The van der Waals surface area contributed by atoms with Crippen LogP contribution in [0.15, 0.2) is 24.3 Å². The SMILES string of the molecule is CCCCOc1ccc(NC(=O)C(C)(C)OCC)cc1. The summed E-state index contributed by atoms with van der Waals surface area (Å²) in [6.07, 6.45) is 2.15. The first kappa shape index (κ1) is 16.5. The Labute approximate surface area is 121 Å². The van der Waals surface area contributed by atoms with Crippen molar-refractivity contribution in [1.29, 1.82) is 0 Å². The van der Waals surface area contributed by atoms with Gasteiger partial charge in [-0.3, -0.25) is 4.79 Å². The molecule has 4 nitrogen and oxygen atoms in total. The highest BCUT2D eigenvalue weighted by molar-refractivity contribution is 5.96. The summed E-state index contributed by atoms with van der Waals surface area (Å²) < 4.78 is 11.0. The van der Waals surface area contributed by atoms with E-state index >= 15 is 0 Å². The van der Waals surface area contributed by atoms with Gasteiger partial charge in [-0.15, -0.1) is 0 Å². The number of rotatable bonds is 8. The minimum Gasteiger partial charge on any atom is -0.494 e. The van der Waals surface area contributed by atoms with Crippen molar-refractivity contribution in [3.05, 3.63) is 24.3 Å². The predicted molar refractivity (Wildman–Crippen MR) is 81.2 cm³/mol. The van der Waals surface area contributed by atoms with E-state index in [0.29, 0.717) is 6.61 Å². The Morgan fingerprint density at radius 1 is 1.20 bits per heavy atom. The van der Waals surface area contributed by atoms with E-state index in [0.717, 1.165) is 30.9 Å². The van der Waals surface area contributed by atoms with Gasteiger partial charge in [-0.1, -0.05) is 13.3 Å². The number of hydrogen-bond donors (Lipinski definition) is 1. The Kier molecular flexibility index (Phi) is 6.52. The zero-order valence-corrected chi connectivity index (χ0v) is 12.9. The van der Waals surface area contributed by atoms with Gasteiger partial charge in [0.1, 0.15) is 11.4 Å². The van der Waals surface area contributed by atoms with Gasteiger partial charge >= 0.3 is 0 Å². The third kappa shape index (κ3) is 5.21. The minimum atomic E-state index is -0.828. The number of ether oxygens (including phenoxy) is 2. The molecule has 0 unspecified atom stereocenters. The molecule has 0 aliphatic carbocycles. The van der Waals surface area contributed by atoms with E-state index < -0.39 is 5.60 Å². The number of unbranched alkanes of at least 4 members (excludes halogenated alkanes) is 1. The van der Waals surface area contributed by atoms with Crippen LogP contribution in [0.2, 0.25) is 0 Å². The average Bonchev–Trinajstić information content (AvgIpc) is 2.41. The van der Waals surface area contributed by atoms with E-state index in [4.69, 9.17) is 9.47 Å². The standard InChI is InChI=1S/C16H25NO3/c1-5-7-12-19-14-10-8-13(9-11-14)17-15(18)16(3,4)20-6-2/h8-11H,5-7,12H2,1-4H3,(H,17,18). The molecule has 0 fully saturated rings. The maximum atomic E-state index is 12.1. The molecule has 1 aromatic carbocycles. The van der Waals surface area contributed by atoms with Crippen LogP contribution in [0.25, 0.3) is 0 Å². The van der Waals surface area contributed by atoms with E-state index in [2.05, 4.69) is 12.2 Å². The van der Waals surface area contributed by atoms with Gasteiger partial charge in [0.2, 0.25) is 0 Å². The molecular formula is C16H25NO3. The molecular weight excluding hydrogens is 254 g/mol. The van der Waals surface area contributed by atoms with Gasteiger partial charge in [0.15, 0.2) is 0 Å². The summed E-state index contributed by atoms with van der Waals surface area (Å²) in [6.45, 7) is 8.74. The van der Waals surface area contributed by atoms with Crippen LogP contribution in [-0.2, 0) is 9.53 Å². The maximum absolute atomic E-state index is 12.1. The molecule has 4 heteroatoms. The van der Waals surface area contributed by atoms with Crippen LogP contribution < -0.4 is 10.1 Å². The third-order valence-electron chi connectivity index (χ3n) is 2.93. The topological polar surface area (TPSA) is 47.6 Å². The Balaban J connectivity index is 2.54. The monoisotopic (exact) mass is 279 g/mol. The Morgan fingerprint density at radius 3 is 2.40 bits per heavy atom. The largest absolute Gasteiger partial charge is 0.494 e. The molecule has 0 heterocycles. The van der Waals surface area contributed by atoms with E-state index in [1.54, 1.807) is 13.8 Å². The van der Waals surface area contributed by atoms with Gasteiger partial charge in [0, 0.05) is 12.3 Å². The molecule has 0 aliphatic heterocycles. The van der Waals surface area contributed by atoms with Crippen molar-refractivity contribution in [3.8, 4) is 5.75 Å². The lowest BCUT2D eigenvalue weighted by Gasteiger charge is -2.23. The van der Waals surface area contributed by atoms with Crippen LogP contribution >= 0.6 is 0 Å². The smallest absolute Gasteiger partial charge is 0.256 e. The first-order chi connectivity index (χ1) is 9.49. The molecule has 1 amide bonds. The first-order valence-electron chi connectivity index (χ1n) is 7.18. The molecule has 0 aromatic heterocycles. The molecule has 0 atom stereocenters. The minimum absolute atomic E-state index is 0.154. The maximum Gasteiger partial charge on any atom is 0.256 e. The number of hydrogen-bond acceptors (Lipinski definition) is 3. The molecule has 0 saturated carbocycles. The van der Waals surface area contributed by atoms with E-state index in [1.807, 2.05) is 31.2 Å². The summed E-state index contributed by atoms with van der Waals surface area (Å²) in [5.74, 6) is 0.666. The van der Waals surface area contributed by atoms with Crippen LogP contribution in [0.3, 0.4) is 0 Å². The number of carbonyl (C=O) groups is 1. The molecule has 0 radical (unpaired) electrons. The van der Waals surface area contributed by atoms with Crippen molar-refractivity contribution in [2.45, 2.75) is 46.1 Å². The molecule has 0 spiro atoms. The van der Waals surface area contributed by atoms with Crippen molar-refractivity contribution in [3.63, 3.8) is 0 Å². The van der Waals surface area contributed by atoms with Crippen LogP contribution in [0, 0.1) is 0 Å². The zero-order valence-electron chi connectivity index (χ0n) is 12.9. The van der Waals surface area contributed by atoms with Gasteiger partial charge in [0.25, 0.3) is 5.91 Å². The molecule has 0 aliphatic rings. The number of anilines is 1. The Morgan fingerprint density at radius 2 is 1.85 bits per heavy atom. The van der Waals surface area contributed by atoms with Crippen LogP contribution in [0.5, 0.6) is 5.75 Å². The van der Waals surface area contributed by atoms with Gasteiger partial charge in [-0.25, -0.2) is 0 Å². The van der Waals surface area contributed by atoms with Crippen LogP contribution in [0.4, 0.5) is 5.69 Å². The van der Waals surface area contributed by atoms with Crippen molar-refractivity contribution < 1.29 is 14.3 Å². The second-order valence-electron chi connectivity index (χ2n) is 5.12. The lowest BCUT2D eigenvalue weighted by atomic mass is 10.1. The fraction of sp³-hybridized carbons (Fsp3) is 0.562. The van der Waals surface area contributed by atoms with E-state index in [9.17, 15) is 4.79 Å². The fourth-order valence-corrected chi connectivity index (χ4v) is 1.68. The van der Waals surface area contributed by atoms with Crippen molar-refractivity contribution in [2.75, 3.05) is 18.5 Å². The highest BCUT2D eigenvalue weighted by Gasteiger charge is 2.27. The van der Waals surface area contributed by atoms with E-state index in [1.165, 1.54) is 0 Å². The van der Waals surface area contributed by atoms with Gasteiger partial charge in [-0.2, -0.15) is 0 Å². The molecule has 0 bridgehead atoms. The average molecular weight is 279 g/mol. The van der Waals surface area contributed by atoms with Crippen LogP contribution in [-0.4, -0.2) is 24.7 Å². The number of carbonyl (C=O) groups excluding carboxylic acids is 1. The third-order valence-corrected chi connectivity index (χ3v) is 2.93. The molecule has 1 N–H and O–H groups in total. The molecule has 1 rings (SSSR count). The number of benzene rings is 1. The number of nitrogens with one attached hydrogen (secondary N) is 1. The van der Waals surface area contributed by atoms with Gasteiger partial charge < -0.3 is 14.8 Å². The summed E-state index contributed by atoms with van der Waals surface area (Å²) in [6, 6.07) is 7.39. The summed E-state index contributed by atoms with van der Waals surface area (Å²) in [7, 11) is 0. The van der Waals surface area contributed by atoms with Crippen molar-refractivity contribution >= 4 is 11.6 Å². The van der Waals surface area contributed by atoms with Gasteiger partial charge in [0.05, 0.1) is 6.61 Å². The molecule has 20 heavy (non-hydrogen) atoms. The lowest BCUT2D eigenvalue weighted by Crippen LogP contribution is -2.39. The highest BCUT2D eigenvalue weighted by atomic mass is 16.5.